The van der Waals surface area contributed by atoms with Crippen LogP contribution in [0.1, 0.15) is 29.7 Å². The number of carbonyl (C=O) groups is 2. The predicted molar refractivity (Wildman–Crippen MR) is 102 cm³/mol. The van der Waals surface area contributed by atoms with Gasteiger partial charge in [0.1, 0.15) is 6.54 Å². The summed E-state index contributed by atoms with van der Waals surface area (Å²) in [5.74, 6) is -0.133. The van der Waals surface area contributed by atoms with E-state index in [1.54, 1.807) is 9.80 Å². The Morgan fingerprint density at radius 3 is 2.38 bits per heavy atom. The number of amides is 3. The van der Waals surface area contributed by atoms with E-state index in [2.05, 4.69) is 5.32 Å². The quantitative estimate of drug-likeness (QED) is 0.869. The Labute approximate surface area is 154 Å². The van der Waals surface area contributed by atoms with Gasteiger partial charge in [0.25, 0.3) is 0 Å². The van der Waals surface area contributed by atoms with Crippen molar-refractivity contribution in [2.24, 2.45) is 0 Å². The summed E-state index contributed by atoms with van der Waals surface area (Å²) < 4.78 is 0. The second kappa shape index (κ2) is 8.04. The molecule has 0 spiro atoms. The minimum Gasteiger partial charge on any atom is -0.348 e. The van der Waals surface area contributed by atoms with E-state index in [4.69, 9.17) is 0 Å². The van der Waals surface area contributed by atoms with E-state index in [0.717, 1.165) is 11.1 Å². The van der Waals surface area contributed by atoms with E-state index in [0.29, 0.717) is 19.6 Å². The summed E-state index contributed by atoms with van der Waals surface area (Å²) in [6.07, 6.45) is 0. The third kappa shape index (κ3) is 4.42. The van der Waals surface area contributed by atoms with Crippen LogP contribution in [0, 0.1) is 6.92 Å². The average molecular weight is 351 g/mol. The van der Waals surface area contributed by atoms with Crippen molar-refractivity contribution in [3.05, 3.63) is 71.3 Å². The minimum absolute atomic E-state index is 0.0758. The van der Waals surface area contributed by atoms with Gasteiger partial charge < -0.3 is 15.1 Å². The van der Waals surface area contributed by atoms with Crippen molar-refractivity contribution in [3.8, 4) is 0 Å². The molecule has 0 saturated carbocycles. The molecule has 1 saturated heterocycles. The number of nitrogens with zero attached hydrogens (tertiary/aromatic N) is 2. The molecule has 3 rings (SSSR count). The zero-order valence-corrected chi connectivity index (χ0v) is 15.3. The van der Waals surface area contributed by atoms with Crippen LogP contribution in [0.3, 0.4) is 0 Å². The highest BCUT2D eigenvalue weighted by Crippen LogP contribution is 2.15. The average Bonchev–Trinajstić information content (AvgIpc) is 2.97. The Morgan fingerprint density at radius 2 is 1.69 bits per heavy atom. The first kappa shape index (κ1) is 18.0. The van der Waals surface area contributed by atoms with Crippen molar-refractivity contribution in [3.63, 3.8) is 0 Å². The first-order chi connectivity index (χ1) is 12.5. The van der Waals surface area contributed by atoms with Crippen LogP contribution >= 0.6 is 0 Å². The Bertz CT molecular complexity index is 759. The van der Waals surface area contributed by atoms with Crippen LogP contribution < -0.4 is 5.32 Å². The molecule has 0 radical (unpaired) electrons. The molecule has 0 bridgehead atoms. The second-order valence-electron chi connectivity index (χ2n) is 6.81. The second-order valence-corrected chi connectivity index (χ2v) is 6.81. The molecular formula is C21H25N3O2. The predicted octanol–water partition coefficient (Wildman–Crippen LogP) is 3.11. The molecule has 1 N–H and O–H groups in total. The smallest absolute Gasteiger partial charge is 0.320 e. The lowest BCUT2D eigenvalue weighted by Gasteiger charge is -2.20. The summed E-state index contributed by atoms with van der Waals surface area (Å²) in [4.78, 5) is 28.2. The maximum Gasteiger partial charge on any atom is 0.320 e. The fourth-order valence-corrected chi connectivity index (χ4v) is 3.13. The maximum absolute atomic E-state index is 12.5. The van der Waals surface area contributed by atoms with Crippen molar-refractivity contribution in [2.75, 3.05) is 19.6 Å². The molecule has 2 aromatic carbocycles. The van der Waals surface area contributed by atoms with Gasteiger partial charge >= 0.3 is 6.03 Å². The summed E-state index contributed by atoms with van der Waals surface area (Å²) >= 11 is 0. The molecule has 5 heteroatoms. The normalized spacial score (nSPS) is 15.2. The van der Waals surface area contributed by atoms with E-state index in [1.165, 1.54) is 5.56 Å². The number of carbonyl (C=O) groups excluding carboxylic acids is 2. The lowest BCUT2D eigenvalue weighted by atomic mass is 10.1. The zero-order chi connectivity index (χ0) is 18.5. The molecule has 0 aliphatic carbocycles. The molecule has 1 aliphatic rings. The minimum atomic E-state index is -0.133. The zero-order valence-electron chi connectivity index (χ0n) is 15.3. The summed E-state index contributed by atoms with van der Waals surface area (Å²) in [5.41, 5.74) is 3.36. The molecular weight excluding hydrogens is 326 g/mol. The summed E-state index contributed by atoms with van der Waals surface area (Å²) in [7, 11) is 0. The third-order valence-electron chi connectivity index (χ3n) is 4.69. The van der Waals surface area contributed by atoms with Crippen LogP contribution in [0.2, 0.25) is 0 Å². The SMILES string of the molecule is Cc1ccc(CN2CCN(CC(=O)NC(C)c3ccccc3)C2=O)cc1. The van der Waals surface area contributed by atoms with Crippen molar-refractivity contribution < 1.29 is 9.59 Å². The van der Waals surface area contributed by atoms with Crippen LogP contribution in [-0.2, 0) is 11.3 Å². The monoisotopic (exact) mass is 351 g/mol. The molecule has 0 aromatic heterocycles. The highest BCUT2D eigenvalue weighted by atomic mass is 16.2. The molecule has 5 nitrogen and oxygen atoms in total. The van der Waals surface area contributed by atoms with Crippen LogP contribution in [0.25, 0.3) is 0 Å². The number of urea groups is 1. The van der Waals surface area contributed by atoms with E-state index in [1.807, 2.05) is 68.4 Å². The Hall–Kier alpha value is -2.82. The molecule has 3 amide bonds. The van der Waals surface area contributed by atoms with Gasteiger partial charge in [-0.05, 0) is 25.0 Å². The van der Waals surface area contributed by atoms with Crippen LogP contribution in [0.5, 0.6) is 0 Å². The molecule has 136 valence electrons. The van der Waals surface area contributed by atoms with Crippen LogP contribution in [0.15, 0.2) is 54.6 Å². The fourth-order valence-electron chi connectivity index (χ4n) is 3.13. The summed E-state index contributed by atoms with van der Waals surface area (Å²) in [6.45, 7) is 5.90. The molecule has 1 fully saturated rings. The number of benzene rings is 2. The molecule has 1 unspecified atom stereocenters. The van der Waals surface area contributed by atoms with Crippen molar-refractivity contribution in [2.45, 2.75) is 26.4 Å². The van der Waals surface area contributed by atoms with Gasteiger partial charge in [-0.15, -0.1) is 0 Å². The van der Waals surface area contributed by atoms with Gasteiger partial charge in [0.15, 0.2) is 0 Å². The Kier molecular flexibility index (Phi) is 5.56. The first-order valence-electron chi connectivity index (χ1n) is 8.96. The molecule has 1 atom stereocenters. The van der Waals surface area contributed by atoms with E-state index >= 15 is 0 Å². The highest BCUT2D eigenvalue weighted by Gasteiger charge is 2.29. The van der Waals surface area contributed by atoms with E-state index in [-0.39, 0.29) is 24.5 Å². The lowest BCUT2D eigenvalue weighted by Crippen LogP contribution is -2.40. The molecule has 26 heavy (non-hydrogen) atoms. The largest absolute Gasteiger partial charge is 0.348 e. The van der Waals surface area contributed by atoms with Gasteiger partial charge in [0, 0.05) is 19.6 Å². The molecule has 1 aliphatic heterocycles. The standard InChI is InChI=1S/C21H25N3O2/c1-16-8-10-18(11-9-16)14-23-12-13-24(21(23)26)15-20(25)22-17(2)19-6-4-3-5-7-19/h3-11,17H,12-15H2,1-2H3,(H,22,25). The summed E-state index contributed by atoms with van der Waals surface area (Å²) in [6, 6.07) is 17.8. The highest BCUT2D eigenvalue weighted by molar-refractivity contribution is 5.85. The number of hydrogen-bond donors (Lipinski definition) is 1. The van der Waals surface area contributed by atoms with E-state index in [9.17, 15) is 9.59 Å². The van der Waals surface area contributed by atoms with Crippen LogP contribution in [0.4, 0.5) is 4.79 Å². The molecule has 2 aromatic rings. The summed E-state index contributed by atoms with van der Waals surface area (Å²) in [5, 5.41) is 2.96. The van der Waals surface area contributed by atoms with Crippen molar-refractivity contribution >= 4 is 11.9 Å². The van der Waals surface area contributed by atoms with Gasteiger partial charge in [-0.25, -0.2) is 4.79 Å². The topological polar surface area (TPSA) is 52.6 Å². The number of rotatable bonds is 6. The fraction of sp³-hybridized carbons (Fsp3) is 0.333. The lowest BCUT2D eigenvalue weighted by molar-refractivity contribution is -0.122. The van der Waals surface area contributed by atoms with Gasteiger partial charge in [-0.3, -0.25) is 4.79 Å². The van der Waals surface area contributed by atoms with Crippen molar-refractivity contribution in [1.29, 1.82) is 0 Å². The third-order valence-corrected chi connectivity index (χ3v) is 4.69. The maximum atomic E-state index is 12.5. The van der Waals surface area contributed by atoms with Gasteiger partial charge in [-0.1, -0.05) is 60.2 Å². The van der Waals surface area contributed by atoms with Gasteiger partial charge in [0.2, 0.25) is 5.91 Å². The number of aryl methyl sites for hydroxylation is 1. The Balaban J connectivity index is 1.51. The Morgan fingerprint density at radius 1 is 1.04 bits per heavy atom. The van der Waals surface area contributed by atoms with Gasteiger partial charge in [-0.2, -0.15) is 0 Å². The van der Waals surface area contributed by atoms with Crippen LogP contribution in [-0.4, -0.2) is 41.4 Å². The van der Waals surface area contributed by atoms with Crippen molar-refractivity contribution in [1.82, 2.24) is 15.1 Å². The van der Waals surface area contributed by atoms with E-state index < -0.39 is 0 Å². The first-order valence-corrected chi connectivity index (χ1v) is 8.96. The number of hydrogen-bond acceptors (Lipinski definition) is 2. The molecule has 1 heterocycles. The van der Waals surface area contributed by atoms with Gasteiger partial charge in [0.05, 0.1) is 6.04 Å². The number of nitrogens with one attached hydrogen (secondary N) is 1.